The number of nitrogens with two attached hydrogens (primary N) is 1. The van der Waals surface area contributed by atoms with Crippen LogP contribution >= 0.6 is 0 Å². The fraction of sp³-hybridized carbons (Fsp3) is 0.222. The van der Waals surface area contributed by atoms with Gasteiger partial charge in [0.25, 0.3) is 0 Å². The van der Waals surface area contributed by atoms with Gasteiger partial charge in [0, 0.05) is 5.57 Å². The first-order chi connectivity index (χ1) is 5.07. The highest BCUT2D eigenvalue weighted by Gasteiger charge is 1.95. The molecule has 2 nitrogen and oxygen atoms in total. The highest BCUT2D eigenvalue weighted by Crippen LogP contribution is 1.97. The first-order valence-corrected chi connectivity index (χ1v) is 3.35. The average Bonchev–Trinajstić information content (AvgIpc) is 1.87. The van der Waals surface area contributed by atoms with Crippen molar-refractivity contribution in [1.29, 1.82) is 0 Å². The summed E-state index contributed by atoms with van der Waals surface area (Å²) < 4.78 is 0. The van der Waals surface area contributed by atoms with Crippen LogP contribution in [0.25, 0.3) is 0 Å². The highest BCUT2D eigenvalue weighted by atomic mass is 16.1. The van der Waals surface area contributed by atoms with E-state index in [0.717, 1.165) is 5.57 Å². The van der Waals surface area contributed by atoms with Crippen molar-refractivity contribution in [3.8, 4) is 0 Å². The maximum absolute atomic E-state index is 10.6. The summed E-state index contributed by atoms with van der Waals surface area (Å²) in [4.78, 5) is 10.6. The molecule has 0 fully saturated rings. The molecular weight excluding hydrogens is 138 g/mol. The lowest BCUT2D eigenvalue weighted by Gasteiger charge is -1.91. The summed E-state index contributed by atoms with van der Waals surface area (Å²) in [6, 6.07) is 0. The highest BCUT2D eigenvalue weighted by molar-refractivity contribution is 5.94. The van der Waals surface area contributed by atoms with Gasteiger partial charge in [-0.2, -0.15) is 0 Å². The van der Waals surface area contributed by atoms with Crippen molar-refractivity contribution in [3.63, 3.8) is 0 Å². The second-order valence-electron chi connectivity index (χ2n) is 2.43. The van der Waals surface area contributed by atoms with Crippen molar-refractivity contribution in [3.05, 3.63) is 36.0 Å². The first-order valence-electron chi connectivity index (χ1n) is 3.35. The van der Waals surface area contributed by atoms with Crippen molar-refractivity contribution >= 4 is 5.91 Å². The predicted octanol–water partition coefficient (Wildman–Crippen LogP) is 1.55. The fourth-order valence-electron chi connectivity index (χ4n) is 0.507. The molecule has 0 aliphatic carbocycles. The maximum atomic E-state index is 10.6. The van der Waals surface area contributed by atoms with E-state index in [0.29, 0.717) is 5.57 Å². The van der Waals surface area contributed by atoms with Gasteiger partial charge in [0.15, 0.2) is 0 Å². The van der Waals surface area contributed by atoms with E-state index in [2.05, 4.69) is 6.58 Å². The molecule has 0 heterocycles. The van der Waals surface area contributed by atoms with Crippen molar-refractivity contribution in [2.75, 3.05) is 0 Å². The lowest BCUT2D eigenvalue weighted by atomic mass is 10.2. The lowest BCUT2D eigenvalue weighted by molar-refractivity contribution is -0.114. The Morgan fingerprint density at radius 1 is 1.36 bits per heavy atom. The number of amides is 1. The van der Waals surface area contributed by atoms with E-state index < -0.39 is 5.91 Å². The average molecular weight is 151 g/mol. The van der Waals surface area contributed by atoms with Crippen LogP contribution in [-0.2, 0) is 4.79 Å². The molecule has 0 aliphatic rings. The minimum Gasteiger partial charge on any atom is -0.366 e. The van der Waals surface area contributed by atoms with Crippen LogP contribution in [0.1, 0.15) is 13.8 Å². The third kappa shape index (κ3) is 4.14. The van der Waals surface area contributed by atoms with Gasteiger partial charge < -0.3 is 5.73 Å². The van der Waals surface area contributed by atoms with Gasteiger partial charge >= 0.3 is 0 Å². The molecule has 1 amide bonds. The molecule has 0 unspecified atom stereocenters. The van der Waals surface area contributed by atoms with Crippen LogP contribution in [0.4, 0.5) is 0 Å². The smallest absolute Gasteiger partial charge is 0.248 e. The molecule has 60 valence electrons. The lowest BCUT2D eigenvalue weighted by Crippen LogP contribution is -2.11. The zero-order valence-corrected chi connectivity index (χ0v) is 6.92. The van der Waals surface area contributed by atoms with Crippen LogP contribution in [0.5, 0.6) is 0 Å². The summed E-state index contributed by atoms with van der Waals surface area (Å²) in [5, 5.41) is 0. The molecule has 0 aromatic heterocycles. The van der Waals surface area contributed by atoms with Crippen molar-refractivity contribution in [1.82, 2.24) is 0 Å². The second-order valence-corrected chi connectivity index (χ2v) is 2.43. The second kappa shape index (κ2) is 4.50. The summed E-state index contributed by atoms with van der Waals surface area (Å²) in [7, 11) is 0. The van der Waals surface area contributed by atoms with Crippen LogP contribution in [0, 0.1) is 0 Å². The van der Waals surface area contributed by atoms with E-state index in [4.69, 9.17) is 5.73 Å². The van der Waals surface area contributed by atoms with Gasteiger partial charge in [0.1, 0.15) is 0 Å². The Morgan fingerprint density at radius 2 is 1.91 bits per heavy atom. The maximum Gasteiger partial charge on any atom is 0.248 e. The Bertz CT molecular complexity index is 220. The Kier molecular flexibility index (Phi) is 3.96. The van der Waals surface area contributed by atoms with Gasteiger partial charge in [-0.15, -0.1) is 0 Å². The molecule has 0 aliphatic heterocycles. The third-order valence-corrected chi connectivity index (χ3v) is 1.10. The zero-order chi connectivity index (χ0) is 8.85. The number of hydrogen-bond acceptors (Lipinski definition) is 1. The molecule has 0 saturated heterocycles. The number of hydrogen-bond donors (Lipinski definition) is 1. The summed E-state index contributed by atoms with van der Waals surface area (Å²) in [5.41, 5.74) is 6.58. The first kappa shape index (κ1) is 9.69. The SMILES string of the molecule is C=C/C(=C\C=C(C)C)C(N)=O. The number of primary amides is 1. The van der Waals surface area contributed by atoms with E-state index in [1.165, 1.54) is 6.08 Å². The third-order valence-electron chi connectivity index (χ3n) is 1.10. The summed E-state index contributed by atoms with van der Waals surface area (Å²) in [6.45, 7) is 7.35. The molecule has 0 aromatic rings. The molecule has 0 saturated carbocycles. The number of carbonyl (C=O) groups excluding carboxylic acids is 1. The minimum atomic E-state index is -0.447. The van der Waals surface area contributed by atoms with Crippen LogP contribution < -0.4 is 5.73 Å². The topological polar surface area (TPSA) is 43.1 Å². The van der Waals surface area contributed by atoms with Crippen molar-refractivity contribution in [2.24, 2.45) is 5.73 Å². The van der Waals surface area contributed by atoms with Gasteiger partial charge in [0.2, 0.25) is 5.91 Å². The predicted molar refractivity (Wildman–Crippen MR) is 46.9 cm³/mol. The molecule has 2 heteroatoms. The van der Waals surface area contributed by atoms with Gasteiger partial charge in [-0.1, -0.05) is 24.3 Å². The van der Waals surface area contributed by atoms with E-state index in [9.17, 15) is 4.79 Å². The quantitative estimate of drug-likeness (QED) is 0.482. The largest absolute Gasteiger partial charge is 0.366 e. The van der Waals surface area contributed by atoms with Gasteiger partial charge in [-0.05, 0) is 19.9 Å². The Labute approximate surface area is 67.1 Å². The van der Waals surface area contributed by atoms with Crippen LogP contribution in [0.2, 0.25) is 0 Å². The number of carbonyl (C=O) groups is 1. The Balaban J connectivity index is 4.50. The Morgan fingerprint density at radius 3 is 2.18 bits per heavy atom. The summed E-state index contributed by atoms with van der Waals surface area (Å²) >= 11 is 0. The molecule has 0 aromatic carbocycles. The molecule has 2 N–H and O–H groups in total. The standard InChI is InChI=1S/C9H13NO/c1-4-8(9(10)11)6-5-7(2)3/h4-6H,1H2,2-3H3,(H2,10,11)/b8-6+. The van der Waals surface area contributed by atoms with E-state index in [1.807, 2.05) is 19.9 Å². The molecule has 0 spiro atoms. The minimum absolute atomic E-state index is 0.436. The molecule has 0 rings (SSSR count). The van der Waals surface area contributed by atoms with Crippen LogP contribution in [0.15, 0.2) is 36.0 Å². The van der Waals surface area contributed by atoms with Crippen molar-refractivity contribution in [2.45, 2.75) is 13.8 Å². The van der Waals surface area contributed by atoms with E-state index in [1.54, 1.807) is 6.08 Å². The van der Waals surface area contributed by atoms with Gasteiger partial charge in [-0.25, -0.2) is 0 Å². The van der Waals surface area contributed by atoms with E-state index >= 15 is 0 Å². The normalized spacial score (nSPS) is 10.5. The van der Waals surface area contributed by atoms with Gasteiger partial charge in [-0.3, -0.25) is 4.79 Å². The van der Waals surface area contributed by atoms with Crippen LogP contribution in [-0.4, -0.2) is 5.91 Å². The van der Waals surface area contributed by atoms with E-state index in [-0.39, 0.29) is 0 Å². The Hall–Kier alpha value is -1.31. The number of rotatable bonds is 3. The molecule has 0 bridgehead atoms. The number of allylic oxidation sites excluding steroid dienone is 3. The molecular formula is C9H13NO. The van der Waals surface area contributed by atoms with Crippen molar-refractivity contribution < 1.29 is 4.79 Å². The molecule has 0 radical (unpaired) electrons. The van der Waals surface area contributed by atoms with Crippen LogP contribution in [0.3, 0.4) is 0 Å². The summed E-state index contributed by atoms with van der Waals surface area (Å²) in [6.07, 6.45) is 4.92. The monoisotopic (exact) mass is 151 g/mol. The summed E-state index contributed by atoms with van der Waals surface area (Å²) in [5.74, 6) is -0.447. The zero-order valence-electron chi connectivity index (χ0n) is 6.92. The van der Waals surface area contributed by atoms with Gasteiger partial charge in [0.05, 0.1) is 0 Å². The molecule has 11 heavy (non-hydrogen) atoms. The molecule has 0 atom stereocenters. The fourth-order valence-corrected chi connectivity index (χ4v) is 0.507.